The van der Waals surface area contributed by atoms with Crippen molar-refractivity contribution in [2.75, 3.05) is 0 Å². The molecule has 2 nitrogen and oxygen atoms in total. The molecule has 0 saturated heterocycles. The van der Waals surface area contributed by atoms with E-state index in [0.29, 0.717) is 6.54 Å². The molecule has 1 N–H and O–H groups in total. The fraction of sp³-hybridized carbons (Fsp3) is 0.250. The first kappa shape index (κ1) is 10.3. The molecule has 1 heterocycles. The van der Waals surface area contributed by atoms with Gasteiger partial charge < -0.3 is 5.11 Å². The summed E-state index contributed by atoms with van der Waals surface area (Å²) in [5.41, 5.74) is 3.00. The summed E-state index contributed by atoms with van der Waals surface area (Å²) in [5, 5.41) is 9.97. The number of aliphatic hydroxyl groups excluding tert-OH is 1. The van der Waals surface area contributed by atoms with Gasteiger partial charge in [0, 0.05) is 0 Å². The predicted molar refractivity (Wildman–Crippen MR) is 60.7 cm³/mol. The zero-order chi connectivity index (χ0) is 10.7. The van der Waals surface area contributed by atoms with Crippen molar-refractivity contribution in [3.63, 3.8) is 0 Å². The van der Waals surface area contributed by atoms with E-state index >= 15 is 0 Å². The molecule has 0 spiro atoms. The third-order valence-corrected chi connectivity index (χ3v) is 3.14. The molecule has 2 rings (SSSR count). The van der Waals surface area contributed by atoms with Crippen LogP contribution in [0.25, 0.3) is 0 Å². The molecule has 2 aromatic rings. The van der Waals surface area contributed by atoms with Gasteiger partial charge in [0.05, 0.1) is 4.88 Å². The number of rotatable bonds is 3. The molecule has 3 heteroatoms. The summed E-state index contributed by atoms with van der Waals surface area (Å²) in [6.07, 6.45) is 1.63. The van der Waals surface area contributed by atoms with Crippen LogP contribution in [0.3, 0.4) is 0 Å². The molecule has 0 radical (unpaired) electrons. The maximum atomic E-state index is 9.97. The number of benzene rings is 1. The van der Waals surface area contributed by atoms with Crippen molar-refractivity contribution >= 4 is 11.3 Å². The lowest BCUT2D eigenvalue weighted by Crippen LogP contribution is -2.33. The van der Waals surface area contributed by atoms with Gasteiger partial charge in [-0.15, -0.1) is 0 Å². The topological polar surface area (TPSA) is 24.1 Å². The second kappa shape index (κ2) is 4.55. The average Bonchev–Trinajstić information content (AvgIpc) is 2.65. The van der Waals surface area contributed by atoms with Crippen LogP contribution in [-0.2, 0) is 6.54 Å². The van der Waals surface area contributed by atoms with Gasteiger partial charge in [-0.05, 0) is 12.5 Å². The van der Waals surface area contributed by atoms with Crippen LogP contribution >= 0.6 is 11.3 Å². The number of hydrogen-bond acceptors (Lipinski definition) is 2. The molecule has 1 aromatic heterocycles. The van der Waals surface area contributed by atoms with E-state index in [-0.39, 0.29) is 0 Å². The summed E-state index contributed by atoms with van der Waals surface area (Å²) in [4.78, 5) is 1.26. The Labute approximate surface area is 93.4 Å². The lowest BCUT2D eigenvalue weighted by molar-refractivity contribution is -0.700. The van der Waals surface area contributed by atoms with E-state index in [1.165, 1.54) is 4.88 Å². The van der Waals surface area contributed by atoms with Gasteiger partial charge in [0.2, 0.25) is 5.51 Å². The highest BCUT2D eigenvalue weighted by atomic mass is 32.1. The molecule has 0 aliphatic heterocycles. The highest BCUT2D eigenvalue weighted by Gasteiger charge is 2.13. The molecule has 0 amide bonds. The second-order valence-corrected chi connectivity index (χ2v) is 4.68. The van der Waals surface area contributed by atoms with Crippen LogP contribution in [0.1, 0.15) is 16.5 Å². The number of aliphatic hydroxyl groups is 1. The molecular formula is C12H14NOS+. The van der Waals surface area contributed by atoms with Gasteiger partial charge in [-0.2, -0.15) is 4.57 Å². The monoisotopic (exact) mass is 220 g/mol. The van der Waals surface area contributed by atoms with E-state index in [1.54, 1.807) is 11.3 Å². The lowest BCUT2D eigenvalue weighted by atomic mass is 10.1. The Kier molecular flexibility index (Phi) is 3.14. The molecule has 15 heavy (non-hydrogen) atoms. The van der Waals surface area contributed by atoms with E-state index in [4.69, 9.17) is 0 Å². The fourth-order valence-corrected chi connectivity index (χ4v) is 2.17. The van der Waals surface area contributed by atoms with E-state index in [2.05, 4.69) is 13.1 Å². The van der Waals surface area contributed by atoms with Crippen LogP contribution in [0.5, 0.6) is 0 Å². The van der Waals surface area contributed by atoms with Crippen molar-refractivity contribution in [2.45, 2.75) is 19.6 Å². The number of thiazole rings is 1. The summed E-state index contributed by atoms with van der Waals surface area (Å²) in [5.74, 6) is 0. The second-order valence-electron chi connectivity index (χ2n) is 3.59. The standard InChI is InChI=1S/C12H14NOS/c1-10-7-13(9-15-10)8-12(14)11-5-3-2-4-6-11/h2-7,9,12,14H,8H2,1H3/q+1. The highest BCUT2D eigenvalue weighted by Crippen LogP contribution is 2.12. The van der Waals surface area contributed by atoms with E-state index in [0.717, 1.165) is 5.56 Å². The maximum Gasteiger partial charge on any atom is 0.225 e. The van der Waals surface area contributed by atoms with Gasteiger partial charge in [0.25, 0.3) is 0 Å². The van der Waals surface area contributed by atoms with Crippen molar-refractivity contribution in [3.05, 3.63) is 52.5 Å². The van der Waals surface area contributed by atoms with Gasteiger partial charge in [-0.1, -0.05) is 41.7 Å². The van der Waals surface area contributed by atoms with Crippen molar-refractivity contribution in [2.24, 2.45) is 0 Å². The summed E-state index contributed by atoms with van der Waals surface area (Å²) < 4.78 is 2.03. The minimum Gasteiger partial charge on any atom is -0.382 e. The molecule has 0 bridgehead atoms. The molecule has 0 aliphatic rings. The van der Waals surface area contributed by atoms with Gasteiger partial charge >= 0.3 is 0 Å². The van der Waals surface area contributed by atoms with Crippen molar-refractivity contribution in [3.8, 4) is 0 Å². The Morgan fingerprint density at radius 2 is 2.07 bits per heavy atom. The normalized spacial score (nSPS) is 12.7. The lowest BCUT2D eigenvalue weighted by Gasteiger charge is -2.05. The molecule has 1 aromatic carbocycles. The zero-order valence-corrected chi connectivity index (χ0v) is 9.45. The van der Waals surface area contributed by atoms with Gasteiger partial charge in [-0.3, -0.25) is 0 Å². The van der Waals surface area contributed by atoms with Crippen LogP contribution in [0.4, 0.5) is 0 Å². The van der Waals surface area contributed by atoms with E-state index in [1.807, 2.05) is 40.4 Å². The van der Waals surface area contributed by atoms with Crippen LogP contribution in [0, 0.1) is 6.92 Å². The Bertz CT molecular complexity index is 424. The Morgan fingerprint density at radius 3 is 2.67 bits per heavy atom. The van der Waals surface area contributed by atoms with Crippen LogP contribution in [0.2, 0.25) is 0 Å². The zero-order valence-electron chi connectivity index (χ0n) is 8.63. The quantitative estimate of drug-likeness (QED) is 0.787. The molecule has 1 unspecified atom stereocenters. The first-order valence-corrected chi connectivity index (χ1v) is 5.81. The predicted octanol–water partition coefficient (Wildman–Crippen LogP) is 2.08. The van der Waals surface area contributed by atoms with Crippen molar-refractivity contribution in [1.29, 1.82) is 0 Å². The number of aromatic nitrogens is 1. The maximum absolute atomic E-state index is 9.97. The average molecular weight is 220 g/mol. The smallest absolute Gasteiger partial charge is 0.225 e. The van der Waals surface area contributed by atoms with Gasteiger partial charge in [0.15, 0.2) is 12.7 Å². The summed E-state index contributed by atoms with van der Waals surface area (Å²) in [6, 6.07) is 9.75. The van der Waals surface area contributed by atoms with Crippen LogP contribution in [-0.4, -0.2) is 5.11 Å². The Balaban J connectivity index is 2.07. The minimum absolute atomic E-state index is 0.426. The molecule has 0 fully saturated rings. The minimum atomic E-state index is -0.426. The van der Waals surface area contributed by atoms with Crippen LogP contribution in [0.15, 0.2) is 42.0 Å². The third kappa shape index (κ3) is 2.64. The largest absolute Gasteiger partial charge is 0.382 e. The first-order valence-electron chi connectivity index (χ1n) is 4.93. The molecule has 1 atom stereocenters. The molecular weight excluding hydrogens is 206 g/mol. The summed E-state index contributed by atoms with van der Waals surface area (Å²) in [7, 11) is 0. The number of aryl methyl sites for hydroxylation is 1. The Hall–Kier alpha value is -1.19. The van der Waals surface area contributed by atoms with Crippen molar-refractivity contribution < 1.29 is 9.67 Å². The van der Waals surface area contributed by atoms with Gasteiger partial charge in [-0.25, -0.2) is 0 Å². The number of hydrogen-bond donors (Lipinski definition) is 1. The summed E-state index contributed by atoms with van der Waals surface area (Å²) in [6.45, 7) is 2.68. The van der Waals surface area contributed by atoms with E-state index in [9.17, 15) is 5.11 Å². The molecule has 0 saturated carbocycles. The van der Waals surface area contributed by atoms with Crippen molar-refractivity contribution in [1.82, 2.24) is 0 Å². The van der Waals surface area contributed by atoms with Gasteiger partial charge in [0.1, 0.15) is 6.10 Å². The first-order chi connectivity index (χ1) is 7.25. The molecule has 0 aliphatic carbocycles. The van der Waals surface area contributed by atoms with Crippen LogP contribution < -0.4 is 4.57 Å². The molecule has 78 valence electrons. The number of nitrogens with zero attached hydrogens (tertiary/aromatic N) is 1. The SMILES string of the molecule is Cc1c[n+](CC(O)c2ccccc2)cs1. The Morgan fingerprint density at radius 1 is 1.33 bits per heavy atom. The fourth-order valence-electron chi connectivity index (χ4n) is 1.52. The van der Waals surface area contributed by atoms with E-state index < -0.39 is 6.10 Å². The highest BCUT2D eigenvalue weighted by molar-refractivity contribution is 7.09. The third-order valence-electron chi connectivity index (χ3n) is 2.29. The summed E-state index contributed by atoms with van der Waals surface area (Å²) >= 11 is 1.69.